The lowest BCUT2D eigenvalue weighted by Gasteiger charge is -2.19. The van der Waals surface area contributed by atoms with Gasteiger partial charge in [-0.25, -0.2) is 23.2 Å². The van der Waals surface area contributed by atoms with Crippen LogP contribution in [-0.4, -0.2) is 47.0 Å². The van der Waals surface area contributed by atoms with Crippen molar-refractivity contribution in [3.05, 3.63) is 51.9 Å². The molecule has 1 heterocycles. The predicted octanol–water partition coefficient (Wildman–Crippen LogP) is 3.03. The first-order chi connectivity index (χ1) is 13.1. The molecular weight excluding hydrogens is 402 g/mol. The summed E-state index contributed by atoms with van der Waals surface area (Å²) in [5.74, 6) is -0.445. The fourth-order valence-electron chi connectivity index (χ4n) is 2.74. The topological polar surface area (TPSA) is 109 Å². The van der Waals surface area contributed by atoms with E-state index in [1.165, 1.54) is 0 Å². The second-order valence-electron chi connectivity index (χ2n) is 6.55. The molecule has 0 bridgehead atoms. The van der Waals surface area contributed by atoms with E-state index in [0.717, 1.165) is 16.8 Å². The van der Waals surface area contributed by atoms with Crippen molar-refractivity contribution in [3.63, 3.8) is 0 Å². The molecule has 0 aliphatic heterocycles. The van der Waals surface area contributed by atoms with Crippen LogP contribution in [0.15, 0.2) is 24.3 Å². The number of carbonyl (C=O) groups is 1. The van der Waals surface area contributed by atoms with Crippen LogP contribution in [0, 0.1) is 13.8 Å². The van der Waals surface area contributed by atoms with Crippen LogP contribution in [0.2, 0.25) is 5.02 Å². The van der Waals surface area contributed by atoms with Crippen LogP contribution < -0.4 is 5.32 Å². The molecule has 2 aromatic rings. The molecule has 0 saturated heterocycles. The first-order valence-electron chi connectivity index (χ1n) is 8.89. The van der Waals surface area contributed by atoms with Gasteiger partial charge in [-0.3, -0.25) is 0 Å². The molecular formula is C19H24ClN3O4S. The van der Waals surface area contributed by atoms with E-state index in [1.807, 2.05) is 19.1 Å². The molecule has 0 aliphatic rings. The number of carboxylic acid groups (broad SMARTS) is 1. The Bertz CT molecular complexity index is 946. The maximum absolute atomic E-state index is 11.8. The van der Waals surface area contributed by atoms with Crippen molar-refractivity contribution in [1.82, 2.24) is 9.97 Å². The first kappa shape index (κ1) is 22.1. The number of aryl methyl sites for hydroxylation is 2. The Morgan fingerprint density at radius 1 is 1.21 bits per heavy atom. The summed E-state index contributed by atoms with van der Waals surface area (Å²) >= 11 is 5.93. The Morgan fingerprint density at radius 3 is 2.43 bits per heavy atom. The van der Waals surface area contributed by atoms with Crippen molar-refractivity contribution in [1.29, 1.82) is 0 Å². The highest BCUT2D eigenvalue weighted by atomic mass is 35.5. The lowest BCUT2D eigenvalue weighted by molar-refractivity contribution is -0.137. The zero-order valence-corrected chi connectivity index (χ0v) is 17.6. The highest BCUT2D eigenvalue weighted by molar-refractivity contribution is 7.91. The molecule has 2 rings (SSSR count). The van der Waals surface area contributed by atoms with Crippen molar-refractivity contribution >= 4 is 33.2 Å². The summed E-state index contributed by atoms with van der Waals surface area (Å²) in [4.78, 5) is 20.4. The van der Waals surface area contributed by atoms with E-state index in [4.69, 9.17) is 11.6 Å². The zero-order valence-electron chi connectivity index (χ0n) is 16.1. The fraction of sp³-hybridized carbons (Fsp3) is 0.421. The summed E-state index contributed by atoms with van der Waals surface area (Å²) in [5, 5.41) is 13.1. The predicted molar refractivity (Wildman–Crippen MR) is 110 cm³/mol. The van der Waals surface area contributed by atoms with Crippen LogP contribution in [0.25, 0.3) is 0 Å². The number of hydrogen-bond donors (Lipinski definition) is 2. The molecule has 0 fully saturated rings. The minimum atomic E-state index is -3.27. The molecule has 2 N–H and O–H groups in total. The average Bonchev–Trinajstić information content (AvgIpc) is 2.62. The van der Waals surface area contributed by atoms with Crippen molar-refractivity contribution in [2.45, 2.75) is 39.7 Å². The molecule has 0 radical (unpaired) electrons. The van der Waals surface area contributed by atoms with Crippen LogP contribution in [0.3, 0.4) is 0 Å². The molecule has 0 amide bonds. The normalized spacial score (nSPS) is 12.6. The van der Waals surface area contributed by atoms with Gasteiger partial charge in [-0.2, -0.15) is 0 Å². The first-order valence-corrected chi connectivity index (χ1v) is 11.1. The summed E-state index contributed by atoms with van der Waals surface area (Å²) in [7, 11) is -3.27. The minimum absolute atomic E-state index is 0.0210. The van der Waals surface area contributed by atoms with Crippen molar-refractivity contribution in [3.8, 4) is 0 Å². The maximum atomic E-state index is 11.8. The Labute approximate surface area is 170 Å². The van der Waals surface area contributed by atoms with E-state index in [-0.39, 0.29) is 17.9 Å². The molecule has 0 spiro atoms. The lowest BCUT2D eigenvalue weighted by Crippen LogP contribution is -2.33. The molecule has 28 heavy (non-hydrogen) atoms. The van der Waals surface area contributed by atoms with E-state index in [0.29, 0.717) is 23.1 Å². The number of anilines is 1. The van der Waals surface area contributed by atoms with Gasteiger partial charge in [-0.1, -0.05) is 30.7 Å². The molecule has 9 heteroatoms. The fourth-order valence-corrected chi connectivity index (χ4v) is 3.75. The number of nitrogens with one attached hydrogen (secondary N) is 1. The Morgan fingerprint density at radius 2 is 1.86 bits per heavy atom. The Balaban J connectivity index is 2.31. The largest absolute Gasteiger partial charge is 0.480 e. The SMILES string of the molecule is CCS(=O)(=O)CCC(Nc1nc(C)nc(C)c1Cc1ccc(Cl)cc1)C(=O)O. The van der Waals surface area contributed by atoms with Crippen LogP contribution >= 0.6 is 11.6 Å². The number of sulfone groups is 1. The molecule has 1 unspecified atom stereocenters. The van der Waals surface area contributed by atoms with Crippen molar-refractivity contribution < 1.29 is 18.3 Å². The summed E-state index contributed by atoms with van der Waals surface area (Å²) in [6.07, 6.45) is 0.444. The van der Waals surface area contributed by atoms with E-state index < -0.39 is 21.8 Å². The maximum Gasteiger partial charge on any atom is 0.326 e. The summed E-state index contributed by atoms with van der Waals surface area (Å²) in [6.45, 7) is 5.10. The molecule has 7 nitrogen and oxygen atoms in total. The highest BCUT2D eigenvalue weighted by Gasteiger charge is 2.23. The monoisotopic (exact) mass is 425 g/mol. The second-order valence-corrected chi connectivity index (χ2v) is 9.46. The highest BCUT2D eigenvalue weighted by Crippen LogP contribution is 2.23. The third-order valence-electron chi connectivity index (χ3n) is 4.39. The van der Waals surface area contributed by atoms with Gasteiger partial charge in [-0.15, -0.1) is 0 Å². The van der Waals surface area contributed by atoms with E-state index in [2.05, 4.69) is 15.3 Å². The van der Waals surface area contributed by atoms with E-state index in [1.54, 1.807) is 26.0 Å². The number of hydrogen-bond acceptors (Lipinski definition) is 6. The summed E-state index contributed by atoms with van der Waals surface area (Å²) < 4.78 is 23.5. The van der Waals surface area contributed by atoms with Gasteiger partial charge >= 0.3 is 5.97 Å². The van der Waals surface area contributed by atoms with E-state index in [9.17, 15) is 18.3 Å². The number of rotatable bonds is 9. The second kappa shape index (κ2) is 9.34. The van der Waals surface area contributed by atoms with Crippen LogP contribution in [-0.2, 0) is 21.1 Å². The minimum Gasteiger partial charge on any atom is -0.480 e. The van der Waals surface area contributed by atoms with Gasteiger partial charge in [0.1, 0.15) is 27.5 Å². The Kier molecular flexibility index (Phi) is 7.37. The Hall–Kier alpha value is -2.19. The molecule has 1 aromatic heterocycles. The van der Waals surface area contributed by atoms with Gasteiger partial charge in [-0.05, 0) is 38.0 Å². The van der Waals surface area contributed by atoms with Gasteiger partial charge in [0.15, 0.2) is 0 Å². The van der Waals surface area contributed by atoms with Gasteiger partial charge < -0.3 is 10.4 Å². The van der Waals surface area contributed by atoms with Crippen molar-refractivity contribution in [2.75, 3.05) is 16.8 Å². The van der Waals surface area contributed by atoms with E-state index >= 15 is 0 Å². The quantitative estimate of drug-likeness (QED) is 0.635. The summed E-state index contributed by atoms with van der Waals surface area (Å²) in [6, 6.07) is 6.26. The third kappa shape index (κ3) is 6.17. The molecule has 1 aromatic carbocycles. The molecule has 0 aliphatic carbocycles. The number of aromatic nitrogens is 2. The standard InChI is InChI=1S/C19H24ClN3O4S/c1-4-28(26,27)10-9-17(19(24)25)23-18-16(12(2)21-13(3)22-18)11-14-5-7-15(20)8-6-14/h5-8,17H,4,9-11H2,1-3H3,(H,24,25)(H,21,22,23). The number of benzene rings is 1. The zero-order chi connectivity index (χ0) is 20.9. The van der Waals surface area contributed by atoms with Crippen molar-refractivity contribution in [2.24, 2.45) is 0 Å². The third-order valence-corrected chi connectivity index (χ3v) is 6.38. The van der Waals surface area contributed by atoms with Gasteiger partial charge in [0, 0.05) is 28.5 Å². The van der Waals surface area contributed by atoms with Gasteiger partial charge in [0.05, 0.1) is 5.75 Å². The number of nitrogens with zero attached hydrogens (tertiary/aromatic N) is 2. The smallest absolute Gasteiger partial charge is 0.326 e. The number of halogens is 1. The summed E-state index contributed by atoms with van der Waals surface area (Å²) in [5.41, 5.74) is 2.47. The van der Waals surface area contributed by atoms with Crippen LogP contribution in [0.4, 0.5) is 5.82 Å². The van der Waals surface area contributed by atoms with Crippen LogP contribution in [0.5, 0.6) is 0 Å². The molecule has 152 valence electrons. The van der Waals surface area contributed by atoms with Gasteiger partial charge in [0.2, 0.25) is 0 Å². The molecule has 1 atom stereocenters. The van der Waals surface area contributed by atoms with Crippen LogP contribution in [0.1, 0.15) is 36.0 Å². The number of aliphatic carboxylic acids is 1. The average molecular weight is 426 g/mol. The van der Waals surface area contributed by atoms with Gasteiger partial charge in [0.25, 0.3) is 0 Å². The lowest BCUT2D eigenvalue weighted by atomic mass is 10.0. The number of carboxylic acids is 1. The molecule has 0 saturated carbocycles.